The number of carbonyl (C=O) groups is 1. The second kappa shape index (κ2) is 13.1. The van der Waals surface area contributed by atoms with Crippen molar-refractivity contribution in [3.8, 4) is 5.75 Å². The van der Waals surface area contributed by atoms with Gasteiger partial charge in [-0.2, -0.15) is 0 Å². The first-order chi connectivity index (χ1) is 17.3. The first-order valence-electron chi connectivity index (χ1n) is 11.3. The van der Waals surface area contributed by atoms with Gasteiger partial charge in [0.05, 0.1) is 30.4 Å². The van der Waals surface area contributed by atoms with Crippen molar-refractivity contribution in [3.05, 3.63) is 53.1 Å². The van der Waals surface area contributed by atoms with E-state index in [0.29, 0.717) is 40.3 Å². The van der Waals surface area contributed by atoms with Gasteiger partial charge < -0.3 is 23.8 Å². The summed E-state index contributed by atoms with van der Waals surface area (Å²) in [5.41, 5.74) is 1.62. The summed E-state index contributed by atoms with van der Waals surface area (Å²) in [4.78, 5) is 21.5. The lowest BCUT2D eigenvalue weighted by atomic mass is 10.0. The average Bonchev–Trinajstić information content (AvgIpc) is 2.82. The Hall–Kier alpha value is -2.62. The summed E-state index contributed by atoms with van der Waals surface area (Å²) in [5, 5.41) is 3.67. The van der Waals surface area contributed by atoms with E-state index in [2.05, 4.69) is 15.3 Å². The van der Waals surface area contributed by atoms with E-state index in [1.165, 1.54) is 24.5 Å². The third-order valence-corrected chi connectivity index (χ3v) is 7.29. The molecule has 0 radical (unpaired) electrons. The zero-order chi connectivity index (χ0) is 26.1. The van der Waals surface area contributed by atoms with Gasteiger partial charge in [0.15, 0.2) is 0 Å². The molecule has 12 heteroatoms. The molecule has 1 aromatic heterocycles. The molecule has 0 spiro atoms. The van der Waals surface area contributed by atoms with E-state index in [0.717, 1.165) is 0 Å². The molecule has 0 aliphatic heterocycles. The third-order valence-electron chi connectivity index (χ3n) is 4.95. The Bertz CT molecular complexity index is 1250. The maximum atomic E-state index is 13.6. The minimum absolute atomic E-state index is 0.0356. The number of hydrogen-bond acceptors (Lipinski definition) is 9. The molecule has 2 aromatic carbocycles. The molecule has 36 heavy (non-hydrogen) atoms. The highest BCUT2D eigenvalue weighted by atomic mass is 35.5. The Labute approximate surface area is 213 Å². The van der Waals surface area contributed by atoms with Crippen LogP contribution < -0.4 is 10.1 Å². The molecule has 194 valence electrons. The number of fused-ring (bicyclic) bond motifs is 1. The predicted octanol–water partition coefficient (Wildman–Crippen LogP) is 5.57. The van der Waals surface area contributed by atoms with Crippen molar-refractivity contribution in [2.24, 2.45) is 0 Å². The standard InChI is InChI=1S/C24H28ClFN3O6P/c1-4-34-36(31,35-5-2)14-18(30)10-16-11-19-22(13-23(16)33-9-8-32-3)27-15-28-24(19)29-17-6-7-21(26)20(25)12-17/h6-7,11-13,15H,4-5,8-10,14H2,1-3H3,(H,27,28,29). The molecule has 0 fully saturated rings. The number of nitrogens with one attached hydrogen (secondary N) is 1. The van der Waals surface area contributed by atoms with Gasteiger partial charge in [0.1, 0.15) is 42.3 Å². The highest BCUT2D eigenvalue weighted by Crippen LogP contribution is 2.48. The molecular formula is C24H28ClFN3O6P. The summed E-state index contributed by atoms with van der Waals surface area (Å²) >= 11 is 5.90. The molecular weight excluding hydrogens is 512 g/mol. The monoisotopic (exact) mass is 539 g/mol. The Morgan fingerprint density at radius 1 is 1.11 bits per heavy atom. The molecule has 0 bridgehead atoms. The number of Topliss-reactive ketones (excluding diaryl/α,β-unsaturated/α-hetero) is 1. The number of benzene rings is 2. The summed E-state index contributed by atoms with van der Waals surface area (Å²) in [6, 6.07) is 7.64. The second-order valence-electron chi connectivity index (χ2n) is 7.61. The van der Waals surface area contributed by atoms with E-state index >= 15 is 0 Å². The van der Waals surface area contributed by atoms with Gasteiger partial charge in [-0.15, -0.1) is 0 Å². The topological polar surface area (TPSA) is 109 Å². The maximum Gasteiger partial charge on any atom is 0.338 e. The number of rotatable bonds is 14. The molecule has 0 aliphatic carbocycles. The van der Waals surface area contributed by atoms with Crippen LogP contribution in [0, 0.1) is 5.82 Å². The van der Waals surface area contributed by atoms with Gasteiger partial charge in [0.2, 0.25) is 0 Å². The van der Waals surface area contributed by atoms with Crippen LogP contribution in [0.2, 0.25) is 5.02 Å². The molecule has 0 saturated carbocycles. The number of aromatic nitrogens is 2. The zero-order valence-electron chi connectivity index (χ0n) is 20.3. The minimum Gasteiger partial charge on any atom is -0.491 e. The van der Waals surface area contributed by atoms with Crippen LogP contribution in [0.1, 0.15) is 19.4 Å². The Balaban J connectivity index is 1.96. The number of halogens is 2. The number of nitrogens with zero attached hydrogens (tertiary/aromatic N) is 2. The Morgan fingerprint density at radius 2 is 1.86 bits per heavy atom. The Morgan fingerprint density at radius 3 is 2.53 bits per heavy atom. The van der Waals surface area contributed by atoms with E-state index in [1.54, 1.807) is 33.1 Å². The van der Waals surface area contributed by atoms with E-state index in [1.807, 2.05) is 0 Å². The van der Waals surface area contributed by atoms with Crippen molar-refractivity contribution in [1.29, 1.82) is 0 Å². The van der Waals surface area contributed by atoms with Crippen molar-refractivity contribution in [2.45, 2.75) is 20.3 Å². The first kappa shape index (κ1) is 28.0. The fraction of sp³-hybridized carbons (Fsp3) is 0.375. The number of hydrogen-bond donors (Lipinski definition) is 1. The lowest BCUT2D eigenvalue weighted by molar-refractivity contribution is -0.116. The fourth-order valence-electron chi connectivity index (χ4n) is 3.45. The molecule has 1 N–H and O–H groups in total. The summed E-state index contributed by atoms with van der Waals surface area (Å²) in [5.74, 6) is -0.0168. The summed E-state index contributed by atoms with van der Waals surface area (Å²) in [7, 11) is -2.00. The van der Waals surface area contributed by atoms with Gasteiger partial charge in [-0.25, -0.2) is 14.4 Å². The number of methoxy groups -OCH3 is 1. The largest absolute Gasteiger partial charge is 0.491 e. The van der Waals surface area contributed by atoms with Gasteiger partial charge >= 0.3 is 7.60 Å². The van der Waals surface area contributed by atoms with Crippen molar-refractivity contribution in [3.63, 3.8) is 0 Å². The zero-order valence-corrected chi connectivity index (χ0v) is 21.9. The smallest absolute Gasteiger partial charge is 0.338 e. The van der Waals surface area contributed by atoms with Crippen molar-refractivity contribution in [2.75, 3.05) is 45.0 Å². The molecule has 0 unspecified atom stereocenters. The second-order valence-corrected chi connectivity index (χ2v) is 10.1. The molecule has 0 atom stereocenters. The van der Waals surface area contributed by atoms with Crippen LogP contribution in [-0.4, -0.2) is 55.5 Å². The van der Waals surface area contributed by atoms with Crippen LogP contribution >= 0.6 is 19.2 Å². The van der Waals surface area contributed by atoms with Gasteiger partial charge in [0.25, 0.3) is 0 Å². The quantitative estimate of drug-likeness (QED) is 0.208. The summed E-state index contributed by atoms with van der Waals surface area (Å²) in [6.07, 6.45) is 0.924. The number of ether oxygens (including phenoxy) is 2. The summed E-state index contributed by atoms with van der Waals surface area (Å²) < 4.78 is 47.9. The summed E-state index contributed by atoms with van der Waals surface area (Å²) in [6.45, 7) is 4.28. The van der Waals surface area contributed by atoms with Crippen molar-refractivity contribution < 1.29 is 32.3 Å². The molecule has 0 amide bonds. The fourth-order valence-corrected chi connectivity index (χ4v) is 5.22. The average molecular weight is 540 g/mol. The van der Waals surface area contributed by atoms with Gasteiger partial charge in [-0.3, -0.25) is 9.36 Å². The van der Waals surface area contributed by atoms with E-state index in [4.69, 9.17) is 30.1 Å². The van der Waals surface area contributed by atoms with E-state index in [9.17, 15) is 13.8 Å². The molecule has 3 rings (SSSR count). The lowest BCUT2D eigenvalue weighted by Gasteiger charge is -2.17. The number of anilines is 2. The molecule has 0 aliphatic rings. The number of ketones is 1. The van der Waals surface area contributed by atoms with Crippen molar-refractivity contribution >= 4 is 47.4 Å². The molecule has 1 heterocycles. The first-order valence-corrected chi connectivity index (χ1v) is 13.4. The van der Waals surface area contributed by atoms with Gasteiger partial charge in [0, 0.05) is 36.2 Å². The van der Waals surface area contributed by atoms with E-state index in [-0.39, 0.29) is 43.2 Å². The van der Waals surface area contributed by atoms with Crippen LogP contribution in [0.3, 0.4) is 0 Å². The normalized spacial score (nSPS) is 11.6. The Kier molecular flexibility index (Phi) is 10.2. The molecule has 3 aromatic rings. The van der Waals surface area contributed by atoms with Crippen LogP contribution in [0.25, 0.3) is 10.9 Å². The highest BCUT2D eigenvalue weighted by molar-refractivity contribution is 7.54. The minimum atomic E-state index is -3.56. The maximum absolute atomic E-state index is 13.6. The van der Waals surface area contributed by atoms with Gasteiger partial charge in [-0.05, 0) is 38.1 Å². The predicted molar refractivity (Wildman–Crippen MR) is 136 cm³/mol. The molecule has 0 saturated heterocycles. The third kappa shape index (κ3) is 7.44. The highest BCUT2D eigenvalue weighted by Gasteiger charge is 2.28. The van der Waals surface area contributed by atoms with Crippen molar-refractivity contribution in [1.82, 2.24) is 9.97 Å². The van der Waals surface area contributed by atoms with Crippen LogP contribution in [0.4, 0.5) is 15.9 Å². The SMILES string of the molecule is CCOP(=O)(CC(=O)Cc1cc2c(Nc3ccc(F)c(Cl)c3)ncnc2cc1OCCOC)OCC. The van der Waals surface area contributed by atoms with Crippen LogP contribution in [0.15, 0.2) is 36.7 Å². The molecule has 9 nitrogen and oxygen atoms in total. The number of carbonyl (C=O) groups excluding carboxylic acids is 1. The lowest BCUT2D eigenvalue weighted by Crippen LogP contribution is -2.14. The van der Waals surface area contributed by atoms with Gasteiger partial charge in [-0.1, -0.05) is 11.6 Å². The van der Waals surface area contributed by atoms with E-state index < -0.39 is 13.4 Å². The van der Waals surface area contributed by atoms with Crippen LogP contribution in [-0.2, 0) is 29.6 Å². The van der Waals surface area contributed by atoms with Crippen LogP contribution in [0.5, 0.6) is 5.75 Å².